The van der Waals surface area contributed by atoms with E-state index >= 15 is 0 Å². The van der Waals surface area contributed by atoms with Gasteiger partial charge in [0.25, 0.3) is 0 Å². The van der Waals surface area contributed by atoms with Crippen molar-refractivity contribution >= 4 is 16.4 Å². The molecule has 1 fully saturated rings. The summed E-state index contributed by atoms with van der Waals surface area (Å²) in [5, 5.41) is 30.4. The summed E-state index contributed by atoms with van der Waals surface area (Å²) in [6, 6.07) is 0. The molecule has 0 bridgehead atoms. The maximum absolute atomic E-state index is 12.7. The molecule has 1 aliphatic heterocycles. The molecule has 51 heavy (non-hydrogen) atoms. The van der Waals surface area contributed by atoms with Gasteiger partial charge in [0, 0.05) is 6.42 Å². The Kier molecular flexibility index (Phi) is 27.8. The SMILES string of the molecule is CC/C=C\C/C=C\C/C=C\C/C=C\C/C=C\CCOCC(COC1OC(CO)C(O)C(OS(=O)(=O)O)C1O)OC(=O)CCCCCCCCCC. The van der Waals surface area contributed by atoms with Crippen LogP contribution in [0, 0.1) is 0 Å². The van der Waals surface area contributed by atoms with Crippen LogP contribution in [0.5, 0.6) is 0 Å². The third-order valence-electron chi connectivity index (χ3n) is 7.92. The van der Waals surface area contributed by atoms with Crippen LogP contribution in [0.25, 0.3) is 0 Å². The second kappa shape index (κ2) is 30.3. The fourth-order valence-corrected chi connectivity index (χ4v) is 5.65. The van der Waals surface area contributed by atoms with Crippen molar-refractivity contribution in [2.45, 2.75) is 147 Å². The summed E-state index contributed by atoms with van der Waals surface area (Å²) in [5.41, 5.74) is 0. The van der Waals surface area contributed by atoms with E-state index in [2.05, 4.69) is 66.6 Å². The fourth-order valence-electron chi connectivity index (χ4n) is 5.15. The number of esters is 1. The third kappa shape index (κ3) is 24.6. The monoisotopic (exact) mass is 744 g/mol. The molecular formula is C38H64O12S. The van der Waals surface area contributed by atoms with Gasteiger partial charge in [0.05, 0.1) is 26.4 Å². The van der Waals surface area contributed by atoms with Crippen LogP contribution >= 0.6 is 0 Å². The van der Waals surface area contributed by atoms with E-state index in [4.69, 9.17) is 23.5 Å². The Morgan fingerprint density at radius 2 is 1.31 bits per heavy atom. The summed E-state index contributed by atoms with van der Waals surface area (Å²) in [7, 11) is -5.06. The van der Waals surface area contributed by atoms with Crippen LogP contribution in [-0.4, -0.2) is 97.5 Å². The van der Waals surface area contributed by atoms with E-state index in [0.29, 0.717) is 19.4 Å². The Morgan fingerprint density at radius 3 is 1.86 bits per heavy atom. The molecule has 0 radical (unpaired) electrons. The van der Waals surface area contributed by atoms with Gasteiger partial charge >= 0.3 is 16.4 Å². The molecule has 1 aliphatic rings. The van der Waals surface area contributed by atoms with E-state index in [9.17, 15) is 28.5 Å². The lowest BCUT2D eigenvalue weighted by Gasteiger charge is -2.41. The molecule has 0 aromatic heterocycles. The van der Waals surface area contributed by atoms with Crippen LogP contribution in [0.3, 0.4) is 0 Å². The first kappa shape index (κ1) is 46.8. The lowest BCUT2D eigenvalue weighted by atomic mass is 9.99. The standard InChI is InChI=1S/C38H64O12S/c1-3-5-7-9-11-13-14-15-16-17-18-19-20-22-24-26-28-46-30-32(48-34(40)27-25-23-21-12-10-8-6-4-2)31-47-38-36(42)37(50-51(43,44)45)35(41)33(29-39)49-38/h5,7,11,13,15-16,18-19,22,24,32-33,35-39,41-42H,3-4,6,8-10,12,14,17,20-21,23,25-31H2,1-2H3,(H,43,44,45)/b7-5-,13-11-,16-15-,19-18-,24-22-. The number of hydrogen-bond donors (Lipinski definition) is 4. The molecule has 13 heteroatoms. The van der Waals surface area contributed by atoms with Gasteiger partial charge in [0.2, 0.25) is 0 Å². The fraction of sp³-hybridized carbons (Fsp3) is 0.711. The Bertz CT molecular complexity index is 1130. The summed E-state index contributed by atoms with van der Waals surface area (Å²) >= 11 is 0. The zero-order valence-electron chi connectivity index (χ0n) is 30.6. The molecule has 0 aliphatic carbocycles. The average Bonchev–Trinajstić information content (AvgIpc) is 3.09. The minimum absolute atomic E-state index is 0.0201. The molecule has 4 N–H and O–H groups in total. The molecule has 0 spiro atoms. The molecular weight excluding hydrogens is 680 g/mol. The Hall–Kier alpha value is -2.20. The van der Waals surface area contributed by atoms with Gasteiger partial charge in [-0.05, 0) is 44.9 Å². The number of hydrogen-bond acceptors (Lipinski definition) is 11. The molecule has 1 rings (SSSR count). The van der Waals surface area contributed by atoms with Crippen molar-refractivity contribution in [1.29, 1.82) is 0 Å². The second-order valence-corrected chi connectivity index (χ2v) is 13.5. The van der Waals surface area contributed by atoms with Crippen molar-refractivity contribution in [3.8, 4) is 0 Å². The van der Waals surface area contributed by atoms with Crippen molar-refractivity contribution < 1.29 is 56.2 Å². The maximum atomic E-state index is 12.7. The molecule has 294 valence electrons. The quantitative estimate of drug-likeness (QED) is 0.0283. The number of allylic oxidation sites excluding steroid dienone is 9. The predicted octanol–water partition coefficient (Wildman–Crippen LogP) is 6.23. The minimum Gasteiger partial charge on any atom is -0.457 e. The summed E-state index contributed by atoms with van der Waals surface area (Å²) in [4.78, 5) is 12.7. The predicted molar refractivity (Wildman–Crippen MR) is 197 cm³/mol. The number of aliphatic hydroxyl groups is 3. The van der Waals surface area contributed by atoms with Gasteiger partial charge < -0.3 is 34.3 Å². The summed E-state index contributed by atoms with van der Waals surface area (Å²) in [5.74, 6) is -0.433. The van der Waals surface area contributed by atoms with Crippen LogP contribution in [0.15, 0.2) is 60.8 Å². The summed E-state index contributed by atoms with van der Waals surface area (Å²) in [6.45, 7) is 3.57. The highest BCUT2D eigenvalue weighted by Crippen LogP contribution is 2.26. The van der Waals surface area contributed by atoms with Crippen LogP contribution in [0.4, 0.5) is 0 Å². The van der Waals surface area contributed by atoms with E-state index < -0.39 is 59.8 Å². The number of carbonyl (C=O) groups is 1. The zero-order chi connectivity index (χ0) is 37.6. The first-order valence-corrected chi connectivity index (χ1v) is 19.9. The topological polar surface area (TPSA) is 178 Å². The first-order valence-electron chi connectivity index (χ1n) is 18.5. The highest BCUT2D eigenvalue weighted by molar-refractivity contribution is 7.80. The number of carbonyl (C=O) groups excluding carboxylic acids is 1. The first-order chi connectivity index (χ1) is 24.6. The molecule has 0 aromatic carbocycles. The van der Waals surface area contributed by atoms with Crippen molar-refractivity contribution in [3.63, 3.8) is 0 Å². The van der Waals surface area contributed by atoms with Crippen molar-refractivity contribution in [2.75, 3.05) is 26.4 Å². The highest BCUT2D eigenvalue weighted by atomic mass is 32.3. The smallest absolute Gasteiger partial charge is 0.397 e. The summed E-state index contributed by atoms with van der Waals surface area (Å²) in [6.07, 6.45) is 25.9. The molecule has 1 heterocycles. The summed E-state index contributed by atoms with van der Waals surface area (Å²) < 4.78 is 58.5. The van der Waals surface area contributed by atoms with E-state index in [-0.39, 0.29) is 19.6 Å². The molecule has 6 unspecified atom stereocenters. The van der Waals surface area contributed by atoms with Gasteiger partial charge in [-0.1, -0.05) is 120 Å². The van der Waals surface area contributed by atoms with E-state index in [1.54, 1.807) is 0 Å². The third-order valence-corrected chi connectivity index (χ3v) is 8.39. The largest absolute Gasteiger partial charge is 0.457 e. The zero-order valence-corrected chi connectivity index (χ0v) is 31.5. The van der Waals surface area contributed by atoms with Crippen LogP contribution < -0.4 is 0 Å². The Morgan fingerprint density at radius 1 is 0.765 bits per heavy atom. The van der Waals surface area contributed by atoms with Crippen molar-refractivity contribution in [1.82, 2.24) is 0 Å². The molecule has 1 saturated heterocycles. The second-order valence-electron chi connectivity index (χ2n) is 12.4. The van der Waals surface area contributed by atoms with Crippen LogP contribution in [0.2, 0.25) is 0 Å². The Labute approximate surface area is 306 Å². The van der Waals surface area contributed by atoms with Crippen LogP contribution in [0.1, 0.15) is 110 Å². The molecule has 12 nitrogen and oxygen atoms in total. The van der Waals surface area contributed by atoms with Crippen LogP contribution in [-0.2, 0) is 38.3 Å². The molecule has 6 atom stereocenters. The van der Waals surface area contributed by atoms with Crippen molar-refractivity contribution in [3.05, 3.63) is 60.8 Å². The van der Waals surface area contributed by atoms with E-state index in [0.717, 1.165) is 51.4 Å². The maximum Gasteiger partial charge on any atom is 0.397 e. The van der Waals surface area contributed by atoms with Gasteiger partial charge in [-0.15, -0.1) is 0 Å². The number of ether oxygens (including phenoxy) is 4. The van der Waals surface area contributed by atoms with Gasteiger partial charge in [-0.25, -0.2) is 4.18 Å². The number of rotatable bonds is 30. The van der Waals surface area contributed by atoms with E-state index in [1.165, 1.54) is 25.7 Å². The lowest BCUT2D eigenvalue weighted by molar-refractivity contribution is -0.301. The molecule has 0 amide bonds. The Balaban J connectivity index is 2.57. The van der Waals surface area contributed by atoms with Crippen molar-refractivity contribution in [2.24, 2.45) is 0 Å². The number of aliphatic hydroxyl groups excluding tert-OH is 3. The van der Waals surface area contributed by atoms with Gasteiger partial charge in [0.1, 0.15) is 30.5 Å². The molecule has 0 aromatic rings. The van der Waals surface area contributed by atoms with Gasteiger partial charge in [-0.2, -0.15) is 8.42 Å². The normalized spacial score (nSPS) is 22.4. The van der Waals surface area contributed by atoms with Gasteiger partial charge in [0.15, 0.2) is 6.29 Å². The molecule has 0 saturated carbocycles. The van der Waals surface area contributed by atoms with Gasteiger partial charge in [-0.3, -0.25) is 9.35 Å². The highest BCUT2D eigenvalue weighted by Gasteiger charge is 2.48. The number of unbranched alkanes of at least 4 members (excludes halogenated alkanes) is 7. The van der Waals surface area contributed by atoms with E-state index in [1.807, 2.05) is 12.2 Å². The lowest BCUT2D eigenvalue weighted by Crippen LogP contribution is -2.60. The average molecular weight is 745 g/mol. The minimum atomic E-state index is -5.06.